The van der Waals surface area contributed by atoms with Crippen LogP contribution < -0.4 is 5.32 Å². The fourth-order valence-electron chi connectivity index (χ4n) is 1.17. The molecule has 0 atom stereocenters. The van der Waals surface area contributed by atoms with Gasteiger partial charge in [0.25, 0.3) is 0 Å². The van der Waals surface area contributed by atoms with E-state index in [9.17, 15) is 9.59 Å². The minimum atomic E-state index is -0.580. The zero-order valence-corrected chi connectivity index (χ0v) is 11.1. The second kappa shape index (κ2) is 6.20. The molecule has 0 bridgehead atoms. The van der Waals surface area contributed by atoms with E-state index in [1.165, 1.54) is 14.0 Å². The third kappa shape index (κ3) is 4.40. The Hall–Kier alpha value is -1.62. The highest BCUT2D eigenvalue weighted by atomic mass is 79.9. The van der Waals surface area contributed by atoms with Crippen LogP contribution in [0.15, 0.2) is 34.4 Å². The number of rotatable bonds is 3. The molecule has 1 rings (SSSR count). The molecular weight excluding hydrogens is 286 g/mol. The molecule has 5 heteroatoms. The average molecular weight is 298 g/mol. The minimum Gasteiger partial charge on any atom is -0.464 e. The van der Waals surface area contributed by atoms with E-state index < -0.39 is 5.97 Å². The lowest BCUT2D eigenvalue weighted by molar-refractivity contribution is -0.137. The van der Waals surface area contributed by atoms with Crippen molar-refractivity contribution in [2.75, 3.05) is 7.11 Å². The van der Waals surface area contributed by atoms with E-state index in [-0.39, 0.29) is 11.6 Å². The van der Waals surface area contributed by atoms with E-state index in [0.29, 0.717) is 0 Å². The van der Waals surface area contributed by atoms with E-state index in [2.05, 4.69) is 26.0 Å². The Morgan fingerprint density at radius 3 is 2.35 bits per heavy atom. The molecule has 0 aliphatic rings. The van der Waals surface area contributed by atoms with Crippen LogP contribution in [0.2, 0.25) is 0 Å². The van der Waals surface area contributed by atoms with Gasteiger partial charge in [0.05, 0.1) is 7.11 Å². The van der Waals surface area contributed by atoms with Gasteiger partial charge in [-0.15, -0.1) is 0 Å². The summed E-state index contributed by atoms with van der Waals surface area (Å²) in [5.74, 6) is -0.901. The van der Waals surface area contributed by atoms with Gasteiger partial charge in [0, 0.05) is 11.4 Å². The molecule has 0 fully saturated rings. The Morgan fingerprint density at radius 2 is 1.88 bits per heavy atom. The van der Waals surface area contributed by atoms with Crippen molar-refractivity contribution in [1.82, 2.24) is 5.32 Å². The van der Waals surface area contributed by atoms with E-state index in [4.69, 9.17) is 0 Å². The topological polar surface area (TPSA) is 55.4 Å². The molecule has 1 aromatic carbocycles. The number of ether oxygens (including phenoxy) is 1. The number of benzene rings is 1. The first kappa shape index (κ1) is 13.4. The highest BCUT2D eigenvalue weighted by molar-refractivity contribution is 9.10. The largest absolute Gasteiger partial charge is 0.464 e. The molecule has 0 aliphatic carbocycles. The van der Waals surface area contributed by atoms with E-state index in [1.54, 1.807) is 6.08 Å². The molecule has 0 spiro atoms. The summed E-state index contributed by atoms with van der Waals surface area (Å²) in [5.41, 5.74) is 0.907. The Bertz CT molecular complexity index is 451. The lowest BCUT2D eigenvalue weighted by atomic mass is 10.2. The average Bonchev–Trinajstić information content (AvgIpc) is 2.29. The molecule has 1 aromatic rings. The Kier molecular flexibility index (Phi) is 4.90. The number of carbonyl (C=O) groups excluding carboxylic acids is 2. The Balaban J connectivity index is 3.00. The zero-order valence-electron chi connectivity index (χ0n) is 9.49. The zero-order chi connectivity index (χ0) is 12.8. The lowest BCUT2D eigenvalue weighted by Crippen LogP contribution is -2.25. The van der Waals surface area contributed by atoms with E-state index in [1.807, 2.05) is 24.3 Å². The van der Waals surface area contributed by atoms with Crippen LogP contribution in [0, 0.1) is 0 Å². The van der Waals surface area contributed by atoms with Crippen molar-refractivity contribution in [2.24, 2.45) is 0 Å². The third-order valence-corrected chi connectivity index (χ3v) is 2.43. The summed E-state index contributed by atoms with van der Waals surface area (Å²) < 4.78 is 5.52. The molecule has 0 aliphatic heterocycles. The maximum Gasteiger partial charge on any atom is 0.354 e. The van der Waals surface area contributed by atoms with Gasteiger partial charge < -0.3 is 10.1 Å². The van der Waals surface area contributed by atoms with E-state index in [0.717, 1.165) is 10.0 Å². The molecule has 0 aromatic heterocycles. The molecule has 0 saturated heterocycles. The molecule has 0 saturated carbocycles. The molecule has 4 nitrogen and oxygen atoms in total. The van der Waals surface area contributed by atoms with Crippen LogP contribution in [0.1, 0.15) is 12.5 Å². The summed E-state index contributed by atoms with van der Waals surface area (Å²) >= 11 is 3.31. The first-order valence-corrected chi connectivity index (χ1v) is 5.65. The van der Waals surface area contributed by atoms with E-state index >= 15 is 0 Å². The summed E-state index contributed by atoms with van der Waals surface area (Å²) in [5, 5.41) is 2.43. The van der Waals surface area contributed by atoms with Gasteiger partial charge in [0.2, 0.25) is 5.91 Å². The first-order chi connectivity index (χ1) is 8.02. The summed E-state index contributed by atoms with van der Waals surface area (Å²) in [6.45, 7) is 1.33. The Labute approximate surface area is 108 Å². The Morgan fingerprint density at radius 1 is 1.29 bits per heavy atom. The number of nitrogens with one attached hydrogen (secondary N) is 1. The number of esters is 1. The van der Waals surface area contributed by atoms with Crippen molar-refractivity contribution in [1.29, 1.82) is 0 Å². The minimum absolute atomic E-state index is 0.113. The van der Waals surface area contributed by atoms with Crippen molar-refractivity contribution in [3.8, 4) is 0 Å². The van der Waals surface area contributed by atoms with Gasteiger partial charge in [-0.25, -0.2) is 4.79 Å². The van der Waals surface area contributed by atoms with Crippen LogP contribution in [0.25, 0.3) is 6.08 Å². The van der Waals surface area contributed by atoms with Crippen LogP contribution in [-0.4, -0.2) is 19.0 Å². The van der Waals surface area contributed by atoms with Gasteiger partial charge in [-0.2, -0.15) is 0 Å². The summed E-state index contributed by atoms with van der Waals surface area (Å²) in [4.78, 5) is 22.4. The second-order valence-corrected chi connectivity index (χ2v) is 4.20. The van der Waals surface area contributed by atoms with Gasteiger partial charge in [0.1, 0.15) is 5.70 Å². The summed E-state index contributed by atoms with van der Waals surface area (Å²) in [6.07, 6.45) is 1.56. The van der Waals surface area contributed by atoms with Crippen molar-refractivity contribution in [3.63, 3.8) is 0 Å². The highest BCUT2D eigenvalue weighted by Gasteiger charge is 2.10. The molecular formula is C12H12BrNO3. The van der Waals surface area contributed by atoms with Crippen LogP contribution in [0.3, 0.4) is 0 Å². The van der Waals surface area contributed by atoms with Crippen LogP contribution in [0.4, 0.5) is 0 Å². The van der Waals surface area contributed by atoms with Crippen molar-refractivity contribution in [2.45, 2.75) is 6.92 Å². The SMILES string of the molecule is COC(=O)/C(=C\c1ccc(Br)cc1)NC(C)=O. The molecule has 1 amide bonds. The van der Waals surface area contributed by atoms with Crippen molar-refractivity contribution < 1.29 is 14.3 Å². The van der Waals surface area contributed by atoms with Gasteiger partial charge in [-0.3, -0.25) is 4.79 Å². The fourth-order valence-corrected chi connectivity index (χ4v) is 1.44. The number of halogens is 1. The smallest absolute Gasteiger partial charge is 0.354 e. The van der Waals surface area contributed by atoms with Crippen LogP contribution in [-0.2, 0) is 14.3 Å². The van der Waals surface area contributed by atoms with Crippen molar-refractivity contribution in [3.05, 3.63) is 40.0 Å². The molecule has 0 heterocycles. The quantitative estimate of drug-likeness (QED) is 0.687. The van der Waals surface area contributed by atoms with Gasteiger partial charge in [0.15, 0.2) is 0 Å². The number of hydrogen-bond donors (Lipinski definition) is 1. The summed E-state index contributed by atoms with van der Waals surface area (Å²) in [6, 6.07) is 7.31. The number of hydrogen-bond acceptors (Lipinski definition) is 3. The molecule has 0 unspecified atom stereocenters. The molecule has 1 N–H and O–H groups in total. The third-order valence-electron chi connectivity index (χ3n) is 1.90. The lowest BCUT2D eigenvalue weighted by Gasteiger charge is -2.05. The van der Waals surface area contributed by atoms with Crippen LogP contribution in [0.5, 0.6) is 0 Å². The molecule has 0 radical (unpaired) electrons. The van der Waals surface area contributed by atoms with Crippen molar-refractivity contribution >= 4 is 33.9 Å². The predicted molar refractivity (Wildman–Crippen MR) is 68.0 cm³/mol. The standard InChI is InChI=1S/C12H12BrNO3/c1-8(15)14-11(12(16)17-2)7-9-3-5-10(13)6-4-9/h3-7H,1-2H3,(H,14,15)/b11-7+. The number of amides is 1. The normalized spacial score (nSPS) is 10.9. The van der Waals surface area contributed by atoms with Crippen LogP contribution >= 0.6 is 15.9 Å². The highest BCUT2D eigenvalue weighted by Crippen LogP contribution is 2.13. The van der Waals surface area contributed by atoms with Gasteiger partial charge in [-0.05, 0) is 23.8 Å². The molecule has 17 heavy (non-hydrogen) atoms. The predicted octanol–water partition coefficient (Wildman–Crippen LogP) is 2.10. The summed E-state index contributed by atoms with van der Waals surface area (Å²) in [7, 11) is 1.26. The number of carbonyl (C=O) groups is 2. The fraction of sp³-hybridized carbons (Fsp3) is 0.167. The second-order valence-electron chi connectivity index (χ2n) is 3.28. The van der Waals surface area contributed by atoms with Gasteiger partial charge >= 0.3 is 5.97 Å². The first-order valence-electron chi connectivity index (χ1n) is 4.86. The monoisotopic (exact) mass is 297 g/mol. The maximum absolute atomic E-state index is 11.4. The molecule has 90 valence electrons. The van der Waals surface area contributed by atoms with Gasteiger partial charge in [-0.1, -0.05) is 28.1 Å². The number of methoxy groups -OCH3 is 1. The maximum atomic E-state index is 11.4.